The van der Waals surface area contributed by atoms with Gasteiger partial charge in [0.25, 0.3) is 0 Å². The third-order valence-corrected chi connectivity index (χ3v) is 9.99. The Balaban J connectivity index is 1.31. The van der Waals surface area contributed by atoms with Gasteiger partial charge in [-0.15, -0.1) is 0 Å². The SMILES string of the molecule is CCCCCCCC1CCC(C2CCC(C3CCC(C#N)(CCCC)CC3)CC2)CC1. The zero-order valence-corrected chi connectivity index (χ0v) is 21.2. The summed E-state index contributed by atoms with van der Waals surface area (Å²) < 4.78 is 0. The highest BCUT2D eigenvalue weighted by atomic mass is 14.5. The summed E-state index contributed by atoms with van der Waals surface area (Å²) in [7, 11) is 0. The van der Waals surface area contributed by atoms with Crippen molar-refractivity contribution in [3.63, 3.8) is 0 Å². The lowest BCUT2D eigenvalue weighted by Gasteiger charge is -2.43. The fraction of sp³-hybridized carbons (Fsp3) is 0.967. The molecule has 0 aromatic heterocycles. The quantitative estimate of drug-likeness (QED) is 0.301. The van der Waals surface area contributed by atoms with Gasteiger partial charge in [0.15, 0.2) is 0 Å². The molecule has 1 heteroatoms. The molecule has 178 valence electrons. The molecule has 0 heterocycles. The minimum atomic E-state index is 0.0400. The summed E-state index contributed by atoms with van der Waals surface area (Å²) in [6, 6.07) is 2.75. The van der Waals surface area contributed by atoms with Crippen LogP contribution in [0.15, 0.2) is 0 Å². The average Bonchev–Trinajstić information content (AvgIpc) is 2.83. The molecule has 3 fully saturated rings. The Morgan fingerprint density at radius 2 is 1.10 bits per heavy atom. The Bertz CT molecular complexity index is 507. The highest BCUT2D eigenvalue weighted by Gasteiger charge is 2.39. The molecule has 3 saturated carbocycles. The smallest absolute Gasteiger partial charge is 0.0689 e. The molecule has 0 atom stereocenters. The maximum Gasteiger partial charge on any atom is 0.0689 e. The van der Waals surface area contributed by atoms with Crippen LogP contribution in [0.1, 0.15) is 149 Å². The van der Waals surface area contributed by atoms with Crippen molar-refractivity contribution in [2.24, 2.45) is 35.0 Å². The van der Waals surface area contributed by atoms with E-state index in [-0.39, 0.29) is 5.41 Å². The molecular weight excluding hydrogens is 374 g/mol. The van der Waals surface area contributed by atoms with Gasteiger partial charge in [0.1, 0.15) is 0 Å². The monoisotopic (exact) mass is 427 g/mol. The highest BCUT2D eigenvalue weighted by molar-refractivity contribution is 5.02. The molecule has 1 nitrogen and oxygen atoms in total. The number of nitriles is 1. The Morgan fingerprint density at radius 3 is 1.61 bits per heavy atom. The van der Waals surface area contributed by atoms with Crippen LogP contribution in [0.4, 0.5) is 0 Å². The predicted molar refractivity (Wildman–Crippen MR) is 134 cm³/mol. The minimum Gasteiger partial charge on any atom is -0.198 e. The van der Waals surface area contributed by atoms with Gasteiger partial charge in [0, 0.05) is 0 Å². The molecule has 3 aliphatic carbocycles. The van der Waals surface area contributed by atoms with Crippen LogP contribution >= 0.6 is 0 Å². The molecule has 0 unspecified atom stereocenters. The third kappa shape index (κ3) is 7.51. The second-order valence-corrected chi connectivity index (χ2v) is 12.0. The molecule has 3 rings (SSSR count). The van der Waals surface area contributed by atoms with E-state index in [0.29, 0.717) is 0 Å². The van der Waals surface area contributed by atoms with Crippen molar-refractivity contribution in [2.45, 2.75) is 149 Å². The van der Waals surface area contributed by atoms with E-state index in [1.807, 2.05) is 0 Å². The van der Waals surface area contributed by atoms with Gasteiger partial charge in [0.2, 0.25) is 0 Å². The van der Waals surface area contributed by atoms with Crippen LogP contribution in [0.25, 0.3) is 0 Å². The van der Waals surface area contributed by atoms with Crippen LogP contribution in [0.2, 0.25) is 0 Å². The maximum atomic E-state index is 9.79. The van der Waals surface area contributed by atoms with Crippen molar-refractivity contribution in [3.8, 4) is 6.07 Å². The molecule has 0 N–H and O–H groups in total. The molecule has 0 bridgehead atoms. The van der Waals surface area contributed by atoms with Gasteiger partial charge in [-0.1, -0.05) is 78.1 Å². The molecule has 3 aliphatic rings. The first-order valence-corrected chi connectivity index (χ1v) is 14.6. The van der Waals surface area contributed by atoms with Crippen molar-refractivity contribution < 1.29 is 0 Å². The number of unbranched alkanes of at least 4 members (excludes halogenated alkanes) is 5. The second-order valence-electron chi connectivity index (χ2n) is 12.0. The Morgan fingerprint density at radius 1 is 0.613 bits per heavy atom. The number of nitrogens with zero attached hydrogens (tertiary/aromatic N) is 1. The molecule has 0 aromatic carbocycles. The summed E-state index contributed by atoms with van der Waals surface area (Å²) in [6.07, 6.45) is 29.7. The highest BCUT2D eigenvalue weighted by Crippen LogP contribution is 2.49. The molecule has 31 heavy (non-hydrogen) atoms. The van der Waals surface area contributed by atoms with Gasteiger partial charge in [-0.3, -0.25) is 0 Å². The van der Waals surface area contributed by atoms with E-state index in [9.17, 15) is 5.26 Å². The first-order valence-electron chi connectivity index (χ1n) is 14.6. The zero-order chi connectivity index (χ0) is 21.9. The maximum absolute atomic E-state index is 9.79. The number of rotatable bonds is 11. The Labute approximate surface area is 195 Å². The lowest BCUT2D eigenvalue weighted by Crippen LogP contribution is -2.32. The van der Waals surface area contributed by atoms with Gasteiger partial charge in [-0.25, -0.2) is 0 Å². The minimum absolute atomic E-state index is 0.0400. The molecular formula is C30H53N. The Kier molecular flexibility index (Phi) is 10.7. The van der Waals surface area contributed by atoms with E-state index < -0.39 is 0 Å². The van der Waals surface area contributed by atoms with E-state index >= 15 is 0 Å². The fourth-order valence-corrected chi connectivity index (χ4v) is 7.67. The largest absolute Gasteiger partial charge is 0.198 e. The predicted octanol–water partition coefficient (Wildman–Crippen LogP) is 9.85. The molecule has 0 amide bonds. The van der Waals surface area contributed by atoms with Crippen LogP contribution in [-0.4, -0.2) is 0 Å². The first-order chi connectivity index (χ1) is 15.2. The van der Waals surface area contributed by atoms with E-state index in [0.717, 1.165) is 36.0 Å². The van der Waals surface area contributed by atoms with Gasteiger partial charge >= 0.3 is 0 Å². The van der Waals surface area contributed by atoms with E-state index in [1.165, 1.54) is 116 Å². The molecule has 0 spiro atoms. The van der Waals surface area contributed by atoms with Gasteiger partial charge in [-0.2, -0.15) is 5.26 Å². The summed E-state index contributed by atoms with van der Waals surface area (Å²) in [5.74, 6) is 5.09. The van der Waals surface area contributed by atoms with Crippen LogP contribution in [0.3, 0.4) is 0 Å². The van der Waals surface area contributed by atoms with Crippen LogP contribution in [0, 0.1) is 46.3 Å². The van der Waals surface area contributed by atoms with E-state index in [2.05, 4.69) is 19.9 Å². The van der Waals surface area contributed by atoms with Crippen LogP contribution in [0.5, 0.6) is 0 Å². The van der Waals surface area contributed by atoms with Crippen molar-refractivity contribution in [1.82, 2.24) is 0 Å². The van der Waals surface area contributed by atoms with Gasteiger partial charge < -0.3 is 0 Å². The summed E-state index contributed by atoms with van der Waals surface area (Å²) in [5, 5.41) is 9.79. The summed E-state index contributed by atoms with van der Waals surface area (Å²) >= 11 is 0. The van der Waals surface area contributed by atoms with Crippen molar-refractivity contribution in [1.29, 1.82) is 5.26 Å². The zero-order valence-electron chi connectivity index (χ0n) is 21.2. The standard InChI is InChI=1S/C30H53N/c1-3-5-7-8-9-10-25-11-13-26(14-12-25)27-15-17-28(18-16-27)29-19-22-30(24-31,23-20-29)21-6-4-2/h25-29H,3-23H2,1-2H3. The summed E-state index contributed by atoms with van der Waals surface area (Å²) in [5.41, 5.74) is 0.0400. The van der Waals surface area contributed by atoms with E-state index in [4.69, 9.17) is 0 Å². The molecule has 0 aromatic rings. The molecule has 0 radical (unpaired) electrons. The van der Waals surface area contributed by atoms with Crippen LogP contribution < -0.4 is 0 Å². The van der Waals surface area contributed by atoms with Crippen LogP contribution in [-0.2, 0) is 0 Å². The average molecular weight is 428 g/mol. The van der Waals surface area contributed by atoms with Crippen molar-refractivity contribution in [2.75, 3.05) is 0 Å². The normalized spacial score (nSPS) is 36.7. The summed E-state index contributed by atoms with van der Waals surface area (Å²) in [4.78, 5) is 0. The topological polar surface area (TPSA) is 23.8 Å². The van der Waals surface area contributed by atoms with Gasteiger partial charge in [0.05, 0.1) is 11.5 Å². The second kappa shape index (κ2) is 13.3. The molecule has 0 aliphatic heterocycles. The Hall–Kier alpha value is -0.510. The van der Waals surface area contributed by atoms with Crippen molar-refractivity contribution >= 4 is 0 Å². The van der Waals surface area contributed by atoms with E-state index in [1.54, 1.807) is 12.8 Å². The van der Waals surface area contributed by atoms with Crippen molar-refractivity contribution in [3.05, 3.63) is 0 Å². The summed E-state index contributed by atoms with van der Waals surface area (Å²) in [6.45, 7) is 4.58. The lowest BCUT2D eigenvalue weighted by atomic mass is 9.62. The number of hydrogen-bond donors (Lipinski definition) is 0. The van der Waals surface area contributed by atoms with Gasteiger partial charge in [-0.05, 0) is 100 Å². The first kappa shape index (κ1) is 25.1. The lowest BCUT2D eigenvalue weighted by molar-refractivity contribution is 0.0898. The fourth-order valence-electron chi connectivity index (χ4n) is 7.67. The number of hydrogen-bond acceptors (Lipinski definition) is 1. The molecule has 0 saturated heterocycles. The third-order valence-electron chi connectivity index (χ3n) is 9.99.